The van der Waals surface area contributed by atoms with E-state index in [2.05, 4.69) is 18.3 Å². The van der Waals surface area contributed by atoms with Crippen LogP contribution < -0.4 is 10.2 Å². The van der Waals surface area contributed by atoms with Crippen LogP contribution in [0, 0.1) is 17.2 Å². The zero-order valence-corrected chi connectivity index (χ0v) is 14.7. The Morgan fingerprint density at radius 2 is 1.96 bits per heavy atom. The molecule has 6 heteroatoms. The van der Waals surface area contributed by atoms with Crippen molar-refractivity contribution in [2.24, 2.45) is 5.92 Å². The molecule has 2 heterocycles. The van der Waals surface area contributed by atoms with E-state index in [1.54, 1.807) is 24.0 Å². The van der Waals surface area contributed by atoms with Crippen molar-refractivity contribution in [3.63, 3.8) is 0 Å². The molecule has 132 valence electrons. The van der Waals surface area contributed by atoms with Gasteiger partial charge in [0, 0.05) is 38.3 Å². The van der Waals surface area contributed by atoms with E-state index >= 15 is 0 Å². The molecule has 0 radical (unpaired) electrons. The molecule has 1 aromatic carbocycles. The third-order valence-electron chi connectivity index (χ3n) is 5.28. The summed E-state index contributed by atoms with van der Waals surface area (Å²) in [7, 11) is 0. The van der Waals surface area contributed by atoms with Gasteiger partial charge in [0.15, 0.2) is 0 Å². The van der Waals surface area contributed by atoms with Gasteiger partial charge in [-0.05, 0) is 43.0 Å². The van der Waals surface area contributed by atoms with Crippen LogP contribution in [0.1, 0.15) is 32.3 Å². The van der Waals surface area contributed by atoms with Crippen LogP contribution in [-0.2, 0) is 9.59 Å². The van der Waals surface area contributed by atoms with Gasteiger partial charge in [0.1, 0.15) is 0 Å². The lowest BCUT2D eigenvalue weighted by molar-refractivity contribution is -0.131. The summed E-state index contributed by atoms with van der Waals surface area (Å²) in [6, 6.07) is 9.30. The van der Waals surface area contributed by atoms with E-state index in [0.717, 1.165) is 31.6 Å². The van der Waals surface area contributed by atoms with Crippen LogP contribution in [0.2, 0.25) is 0 Å². The molecule has 3 atom stereocenters. The molecular weight excluding hydrogens is 316 g/mol. The number of benzene rings is 1. The Morgan fingerprint density at radius 1 is 1.24 bits per heavy atom. The summed E-state index contributed by atoms with van der Waals surface area (Å²) in [4.78, 5) is 27.9. The molecular formula is C19H24N4O2. The van der Waals surface area contributed by atoms with Crippen LogP contribution >= 0.6 is 0 Å². The quantitative estimate of drug-likeness (QED) is 0.905. The summed E-state index contributed by atoms with van der Waals surface area (Å²) in [5, 5.41) is 12.4. The van der Waals surface area contributed by atoms with Gasteiger partial charge in [0.05, 0.1) is 17.7 Å². The van der Waals surface area contributed by atoms with E-state index in [-0.39, 0.29) is 23.9 Å². The minimum Gasteiger partial charge on any atom is -0.343 e. The van der Waals surface area contributed by atoms with Crippen molar-refractivity contribution in [1.82, 2.24) is 10.2 Å². The van der Waals surface area contributed by atoms with Gasteiger partial charge in [0.2, 0.25) is 11.8 Å². The number of hydrogen-bond donors (Lipinski definition) is 1. The lowest BCUT2D eigenvalue weighted by Crippen LogP contribution is -2.53. The molecule has 2 aliphatic heterocycles. The summed E-state index contributed by atoms with van der Waals surface area (Å²) in [5.74, 6) is 0.537. The van der Waals surface area contributed by atoms with Crippen LogP contribution in [0.4, 0.5) is 5.69 Å². The van der Waals surface area contributed by atoms with E-state index in [1.165, 1.54) is 0 Å². The van der Waals surface area contributed by atoms with E-state index in [0.29, 0.717) is 18.0 Å². The van der Waals surface area contributed by atoms with E-state index in [4.69, 9.17) is 5.26 Å². The summed E-state index contributed by atoms with van der Waals surface area (Å²) >= 11 is 0. The molecule has 1 N–H and O–H groups in total. The highest BCUT2D eigenvalue weighted by molar-refractivity contribution is 5.99. The summed E-state index contributed by atoms with van der Waals surface area (Å²) in [6.07, 6.45) is 1.65. The number of rotatable bonds is 3. The molecule has 2 amide bonds. The Morgan fingerprint density at radius 3 is 2.56 bits per heavy atom. The molecule has 2 aliphatic rings. The highest BCUT2D eigenvalue weighted by Crippen LogP contribution is 2.24. The van der Waals surface area contributed by atoms with Crippen molar-refractivity contribution in [2.75, 3.05) is 24.5 Å². The lowest BCUT2D eigenvalue weighted by Gasteiger charge is -2.38. The number of nitrogens with one attached hydrogen (secondary N) is 1. The molecule has 0 bridgehead atoms. The third kappa shape index (κ3) is 3.67. The average molecular weight is 340 g/mol. The zero-order chi connectivity index (χ0) is 18.0. The number of nitrogens with zero attached hydrogens (tertiary/aromatic N) is 3. The third-order valence-corrected chi connectivity index (χ3v) is 5.28. The van der Waals surface area contributed by atoms with Crippen LogP contribution in [0.25, 0.3) is 0 Å². The second-order valence-electron chi connectivity index (χ2n) is 6.99. The standard InChI is InChI=1S/C19H24N4O2/c1-13-12-22(14(2)24)9-7-17(13)21-18-8-10-23(19(18)25)16-5-3-15(11-20)4-6-16/h3-6,13,17-18,21H,7-10,12H2,1-2H3/t13-,17+,18-/m1/s1. The van der Waals surface area contributed by atoms with Gasteiger partial charge in [0.25, 0.3) is 0 Å². The van der Waals surface area contributed by atoms with E-state index in [1.807, 2.05) is 17.0 Å². The van der Waals surface area contributed by atoms with Crippen molar-refractivity contribution >= 4 is 17.5 Å². The minimum atomic E-state index is -0.174. The first-order chi connectivity index (χ1) is 12.0. The molecule has 0 unspecified atom stereocenters. The lowest BCUT2D eigenvalue weighted by atomic mass is 9.93. The number of likely N-dealkylation sites (tertiary alicyclic amines) is 1. The number of carbonyl (C=O) groups is 2. The first-order valence-electron chi connectivity index (χ1n) is 8.82. The summed E-state index contributed by atoms with van der Waals surface area (Å²) < 4.78 is 0. The Kier molecular flexibility index (Phi) is 5.05. The van der Waals surface area contributed by atoms with Crippen molar-refractivity contribution in [3.05, 3.63) is 29.8 Å². The van der Waals surface area contributed by atoms with Gasteiger partial charge in [-0.25, -0.2) is 0 Å². The van der Waals surface area contributed by atoms with Crippen molar-refractivity contribution in [3.8, 4) is 6.07 Å². The average Bonchev–Trinajstić information content (AvgIpc) is 2.97. The smallest absolute Gasteiger partial charge is 0.244 e. The summed E-state index contributed by atoms with van der Waals surface area (Å²) in [6.45, 7) is 5.91. The van der Waals surface area contributed by atoms with Crippen LogP contribution in [-0.4, -0.2) is 48.4 Å². The van der Waals surface area contributed by atoms with Crippen LogP contribution in [0.3, 0.4) is 0 Å². The van der Waals surface area contributed by atoms with Gasteiger partial charge < -0.3 is 15.1 Å². The SMILES string of the molecule is CC(=O)N1CC[C@H](N[C@@H]2CCN(c3ccc(C#N)cc3)C2=O)[C@H](C)C1. The van der Waals surface area contributed by atoms with Crippen LogP contribution in [0.15, 0.2) is 24.3 Å². The monoisotopic (exact) mass is 340 g/mol. The second-order valence-corrected chi connectivity index (χ2v) is 6.99. The molecule has 6 nitrogen and oxygen atoms in total. The maximum absolute atomic E-state index is 12.7. The minimum absolute atomic E-state index is 0.0888. The molecule has 0 aromatic heterocycles. The van der Waals surface area contributed by atoms with Gasteiger partial charge in [-0.1, -0.05) is 6.92 Å². The maximum atomic E-state index is 12.7. The van der Waals surface area contributed by atoms with Gasteiger partial charge in [-0.2, -0.15) is 5.26 Å². The molecule has 25 heavy (non-hydrogen) atoms. The number of hydrogen-bond acceptors (Lipinski definition) is 4. The largest absolute Gasteiger partial charge is 0.343 e. The Bertz CT molecular complexity index is 694. The zero-order valence-electron chi connectivity index (χ0n) is 14.7. The number of amides is 2. The Hall–Kier alpha value is -2.39. The van der Waals surface area contributed by atoms with Gasteiger partial charge >= 0.3 is 0 Å². The van der Waals surface area contributed by atoms with Crippen molar-refractivity contribution < 1.29 is 9.59 Å². The number of piperidine rings is 1. The van der Waals surface area contributed by atoms with Gasteiger partial charge in [-0.15, -0.1) is 0 Å². The normalized spacial score (nSPS) is 26.6. The Balaban J connectivity index is 1.60. The number of carbonyl (C=O) groups excluding carboxylic acids is 2. The molecule has 1 aromatic rings. The summed E-state index contributed by atoms with van der Waals surface area (Å²) in [5.41, 5.74) is 1.43. The first kappa shape index (κ1) is 17.4. The molecule has 3 rings (SSSR count). The van der Waals surface area contributed by atoms with Crippen LogP contribution in [0.5, 0.6) is 0 Å². The molecule has 2 fully saturated rings. The van der Waals surface area contributed by atoms with Gasteiger partial charge in [-0.3, -0.25) is 9.59 Å². The second kappa shape index (κ2) is 7.24. The molecule has 0 spiro atoms. The van der Waals surface area contributed by atoms with E-state index < -0.39 is 0 Å². The predicted octanol–water partition coefficient (Wildman–Crippen LogP) is 1.51. The Labute approximate surface area is 148 Å². The molecule has 2 saturated heterocycles. The van der Waals surface area contributed by atoms with Crippen molar-refractivity contribution in [2.45, 2.75) is 38.8 Å². The first-order valence-corrected chi connectivity index (χ1v) is 8.82. The highest BCUT2D eigenvalue weighted by atomic mass is 16.2. The number of nitriles is 1. The highest BCUT2D eigenvalue weighted by Gasteiger charge is 2.36. The predicted molar refractivity (Wildman–Crippen MR) is 94.9 cm³/mol. The molecule has 0 saturated carbocycles. The molecule has 0 aliphatic carbocycles. The maximum Gasteiger partial charge on any atom is 0.244 e. The fraction of sp³-hybridized carbons (Fsp3) is 0.526. The number of anilines is 1. The van der Waals surface area contributed by atoms with E-state index in [9.17, 15) is 9.59 Å². The topological polar surface area (TPSA) is 76.4 Å². The van der Waals surface area contributed by atoms with Crippen molar-refractivity contribution in [1.29, 1.82) is 5.26 Å². The fourth-order valence-electron chi connectivity index (χ4n) is 3.74. The fourth-order valence-corrected chi connectivity index (χ4v) is 3.74.